The third-order valence-corrected chi connectivity index (χ3v) is 5.62. The van der Waals surface area contributed by atoms with Crippen molar-refractivity contribution in [2.45, 2.75) is 5.16 Å². The van der Waals surface area contributed by atoms with Crippen molar-refractivity contribution in [3.05, 3.63) is 42.2 Å². The fourth-order valence-electron chi connectivity index (χ4n) is 2.86. The van der Waals surface area contributed by atoms with Crippen molar-refractivity contribution in [3.8, 4) is 0 Å². The molecule has 144 valence electrons. The van der Waals surface area contributed by atoms with E-state index in [-0.39, 0.29) is 17.4 Å². The minimum atomic E-state index is -0.0977. The highest BCUT2D eigenvalue weighted by atomic mass is 32.2. The van der Waals surface area contributed by atoms with Gasteiger partial charge in [0.05, 0.1) is 12.3 Å². The van der Waals surface area contributed by atoms with E-state index in [2.05, 4.69) is 27.1 Å². The minimum absolute atomic E-state index is 0.0977. The van der Waals surface area contributed by atoms with E-state index in [0.29, 0.717) is 17.8 Å². The molecule has 0 aliphatic carbocycles. The highest BCUT2D eigenvalue weighted by Crippen LogP contribution is 2.16. The quantitative estimate of drug-likeness (QED) is 0.575. The van der Waals surface area contributed by atoms with Crippen LogP contribution in [0.5, 0.6) is 0 Å². The number of ketones is 1. The van der Waals surface area contributed by atoms with E-state index < -0.39 is 0 Å². The van der Waals surface area contributed by atoms with Crippen LogP contribution in [0.2, 0.25) is 0 Å². The molecule has 1 amide bonds. The van der Waals surface area contributed by atoms with Crippen LogP contribution in [-0.4, -0.2) is 76.6 Å². The van der Waals surface area contributed by atoms with Gasteiger partial charge in [-0.25, -0.2) is 4.98 Å². The Labute approximate surface area is 163 Å². The Morgan fingerprint density at radius 1 is 1.11 bits per heavy atom. The molecule has 2 aromatic rings. The highest BCUT2D eigenvalue weighted by Gasteiger charge is 2.17. The van der Waals surface area contributed by atoms with Gasteiger partial charge < -0.3 is 14.8 Å². The van der Waals surface area contributed by atoms with E-state index in [1.54, 1.807) is 30.5 Å². The van der Waals surface area contributed by atoms with E-state index in [1.807, 2.05) is 17.8 Å². The first-order valence-electron chi connectivity index (χ1n) is 8.95. The van der Waals surface area contributed by atoms with Gasteiger partial charge >= 0.3 is 0 Å². The van der Waals surface area contributed by atoms with Crippen LogP contribution in [0.3, 0.4) is 0 Å². The van der Waals surface area contributed by atoms with Crippen LogP contribution >= 0.6 is 11.8 Å². The molecule has 2 heterocycles. The van der Waals surface area contributed by atoms with Gasteiger partial charge in [-0.05, 0) is 31.3 Å². The second-order valence-electron chi connectivity index (χ2n) is 6.74. The fourth-order valence-corrected chi connectivity index (χ4v) is 3.59. The molecule has 1 aliphatic heterocycles. The predicted octanol–water partition coefficient (Wildman–Crippen LogP) is 1.58. The lowest BCUT2D eigenvalue weighted by atomic mass is 10.1. The van der Waals surface area contributed by atoms with Crippen molar-refractivity contribution in [2.75, 3.05) is 50.8 Å². The monoisotopic (exact) mass is 387 g/mol. The number of amides is 1. The van der Waals surface area contributed by atoms with Crippen molar-refractivity contribution >= 4 is 29.1 Å². The summed E-state index contributed by atoms with van der Waals surface area (Å²) in [6.45, 7) is 4.27. The molecule has 0 bridgehead atoms. The SMILES string of the molecule is CN1CCN(CC(=O)c2ccc(NC(=O)CSc3nccn3C)cc2)CC1. The summed E-state index contributed by atoms with van der Waals surface area (Å²) in [5, 5.41) is 3.65. The lowest BCUT2D eigenvalue weighted by molar-refractivity contribution is -0.113. The van der Waals surface area contributed by atoms with Crippen molar-refractivity contribution in [2.24, 2.45) is 7.05 Å². The second-order valence-corrected chi connectivity index (χ2v) is 7.68. The van der Waals surface area contributed by atoms with Crippen LogP contribution in [0.15, 0.2) is 41.8 Å². The molecule has 1 fully saturated rings. The molecule has 1 N–H and O–H groups in total. The summed E-state index contributed by atoms with van der Waals surface area (Å²) in [7, 11) is 3.99. The van der Waals surface area contributed by atoms with Gasteiger partial charge in [-0.15, -0.1) is 0 Å². The number of hydrogen-bond donors (Lipinski definition) is 1. The van der Waals surface area contributed by atoms with Gasteiger partial charge in [0.1, 0.15) is 0 Å². The number of piperazine rings is 1. The summed E-state index contributed by atoms with van der Waals surface area (Å²) in [5.74, 6) is 0.303. The summed E-state index contributed by atoms with van der Waals surface area (Å²) < 4.78 is 1.87. The zero-order chi connectivity index (χ0) is 19.2. The van der Waals surface area contributed by atoms with Gasteiger partial charge in [0, 0.05) is 56.9 Å². The average molecular weight is 388 g/mol. The Morgan fingerprint density at radius 3 is 2.44 bits per heavy atom. The molecule has 0 atom stereocenters. The van der Waals surface area contributed by atoms with Crippen molar-refractivity contribution in [3.63, 3.8) is 0 Å². The number of Topliss-reactive ketones (excluding diaryl/α,β-unsaturated/α-hetero) is 1. The van der Waals surface area contributed by atoms with Gasteiger partial charge in [0.25, 0.3) is 0 Å². The Bertz CT molecular complexity index is 782. The summed E-state index contributed by atoms with van der Waals surface area (Å²) >= 11 is 1.39. The highest BCUT2D eigenvalue weighted by molar-refractivity contribution is 7.99. The molecular weight excluding hydrogens is 362 g/mol. The van der Waals surface area contributed by atoms with Gasteiger partial charge in [-0.2, -0.15) is 0 Å². The number of anilines is 1. The fraction of sp³-hybridized carbons (Fsp3) is 0.421. The molecule has 0 radical (unpaired) electrons. The van der Waals surface area contributed by atoms with Crippen LogP contribution in [0, 0.1) is 0 Å². The third-order valence-electron chi connectivity index (χ3n) is 4.56. The maximum absolute atomic E-state index is 12.4. The van der Waals surface area contributed by atoms with Gasteiger partial charge in [-0.1, -0.05) is 11.8 Å². The Kier molecular flexibility index (Phi) is 6.65. The van der Waals surface area contributed by atoms with Crippen LogP contribution in [-0.2, 0) is 11.8 Å². The molecule has 7 nitrogen and oxygen atoms in total. The zero-order valence-electron chi connectivity index (χ0n) is 15.7. The number of benzene rings is 1. The molecular formula is C19H25N5O2S. The summed E-state index contributed by atoms with van der Waals surface area (Å²) in [5.41, 5.74) is 1.37. The molecule has 3 rings (SSSR count). The third kappa shape index (κ3) is 5.66. The number of hydrogen-bond acceptors (Lipinski definition) is 6. The van der Waals surface area contributed by atoms with Gasteiger partial charge in [-0.3, -0.25) is 14.5 Å². The number of carbonyl (C=O) groups is 2. The maximum atomic E-state index is 12.4. The molecule has 1 aromatic carbocycles. The number of nitrogens with zero attached hydrogens (tertiary/aromatic N) is 4. The van der Waals surface area contributed by atoms with Crippen molar-refractivity contribution < 1.29 is 9.59 Å². The Balaban J connectivity index is 1.47. The van der Waals surface area contributed by atoms with E-state index in [9.17, 15) is 9.59 Å². The first-order chi connectivity index (χ1) is 13.0. The van der Waals surface area contributed by atoms with E-state index >= 15 is 0 Å². The molecule has 1 saturated heterocycles. The molecule has 0 unspecified atom stereocenters. The van der Waals surface area contributed by atoms with Gasteiger partial charge in [0.15, 0.2) is 10.9 Å². The summed E-state index contributed by atoms with van der Waals surface area (Å²) in [4.78, 5) is 33.2. The lowest BCUT2D eigenvalue weighted by Gasteiger charge is -2.31. The van der Waals surface area contributed by atoms with Crippen LogP contribution in [0.25, 0.3) is 0 Å². The number of rotatable bonds is 7. The number of aromatic nitrogens is 2. The van der Waals surface area contributed by atoms with Crippen LogP contribution < -0.4 is 5.32 Å². The largest absolute Gasteiger partial charge is 0.329 e. The number of aryl methyl sites for hydroxylation is 1. The molecule has 27 heavy (non-hydrogen) atoms. The topological polar surface area (TPSA) is 70.5 Å². The van der Waals surface area contributed by atoms with Crippen LogP contribution in [0.4, 0.5) is 5.69 Å². The molecule has 0 spiro atoms. The second kappa shape index (κ2) is 9.16. The predicted molar refractivity (Wildman–Crippen MR) is 107 cm³/mol. The number of carbonyl (C=O) groups excluding carboxylic acids is 2. The first kappa shape index (κ1) is 19.6. The molecule has 0 saturated carbocycles. The van der Waals surface area contributed by atoms with E-state index in [1.165, 1.54) is 11.8 Å². The average Bonchev–Trinajstić information content (AvgIpc) is 3.07. The lowest BCUT2D eigenvalue weighted by Crippen LogP contribution is -2.46. The smallest absolute Gasteiger partial charge is 0.234 e. The van der Waals surface area contributed by atoms with Gasteiger partial charge in [0.2, 0.25) is 5.91 Å². The van der Waals surface area contributed by atoms with Crippen molar-refractivity contribution in [1.82, 2.24) is 19.4 Å². The normalized spacial score (nSPS) is 15.6. The number of imidazole rings is 1. The Hall–Kier alpha value is -2.16. The van der Waals surface area contributed by atoms with Crippen LogP contribution in [0.1, 0.15) is 10.4 Å². The Morgan fingerprint density at radius 2 is 1.81 bits per heavy atom. The zero-order valence-corrected chi connectivity index (χ0v) is 16.5. The molecule has 1 aliphatic rings. The number of likely N-dealkylation sites (N-methyl/N-ethyl adjacent to an activating group) is 1. The minimum Gasteiger partial charge on any atom is -0.329 e. The number of nitrogens with one attached hydrogen (secondary N) is 1. The summed E-state index contributed by atoms with van der Waals surface area (Å²) in [6, 6.07) is 7.11. The first-order valence-corrected chi connectivity index (χ1v) is 9.94. The maximum Gasteiger partial charge on any atom is 0.234 e. The van der Waals surface area contributed by atoms with E-state index in [4.69, 9.17) is 0 Å². The summed E-state index contributed by atoms with van der Waals surface area (Å²) in [6.07, 6.45) is 3.55. The van der Waals surface area contributed by atoms with E-state index in [0.717, 1.165) is 31.3 Å². The number of thioether (sulfide) groups is 1. The van der Waals surface area contributed by atoms with Crippen molar-refractivity contribution in [1.29, 1.82) is 0 Å². The standard InChI is InChI=1S/C19H25N5O2S/c1-22-9-11-24(12-10-22)13-17(25)15-3-5-16(6-4-15)21-18(26)14-27-19-20-7-8-23(19)2/h3-8H,9-14H2,1-2H3,(H,21,26). The molecule has 8 heteroatoms. The molecule has 1 aromatic heterocycles.